The Morgan fingerprint density at radius 1 is 0.440 bits per heavy atom. The smallest absolute Gasteiger partial charge is 0.282 e. The molecule has 152 valence electrons. The number of unbranched alkanes of at least 4 members (excludes halogenated alkanes) is 9. The maximum atomic E-state index is 6.02. The molecule has 0 amide bonds. The van der Waals surface area contributed by atoms with E-state index in [1.807, 2.05) is 0 Å². The minimum absolute atomic E-state index is 0.700. The Bertz CT molecular complexity index is 234. The van der Waals surface area contributed by atoms with Gasteiger partial charge in [-0.2, -0.15) is 0 Å². The lowest BCUT2D eigenvalue weighted by atomic mass is 10.1. The van der Waals surface area contributed by atoms with E-state index in [1.54, 1.807) is 0 Å². The molecule has 25 heavy (non-hydrogen) atoms. The molecule has 0 saturated carbocycles. The molecular formula is C22H46O3. The zero-order valence-electron chi connectivity index (χ0n) is 17.7. The molecule has 0 heterocycles. The molecule has 3 heteroatoms. The van der Waals surface area contributed by atoms with E-state index in [0.717, 1.165) is 32.1 Å². The van der Waals surface area contributed by atoms with E-state index in [9.17, 15) is 0 Å². The summed E-state index contributed by atoms with van der Waals surface area (Å²) in [6.45, 7) is 10.8. The zero-order chi connectivity index (χ0) is 18.6. The molecule has 0 atom stereocenters. The fraction of sp³-hybridized carbons (Fsp3) is 1.00. The second-order valence-electron chi connectivity index (χ2n) is 7.16. The third-order valence-corrected chi connectivity index (χ3v) is 4.41. The molecule has 0 saturated heterocycles. The lowest BCUT2D eigenvalue weighted by molar-refractivity contribution is -0.383. The van der Waals surface area contributed by atoms with Crippen LogP contribution in [0.5, 0.6) is 0 Å². The molecule has 3 nitrogen and oxygen atoms in total. The van der Waals surface area contributed by atoms with E-state index < -0.39 is 5.97 Å². The Hall–Kier alpha value is -0.120. The first-order chi connectivity index (χ1) is 12.2. The van der Waals surface area contributed by atoms with Crippen molar-refractivity contribution in [2.75, 3.05) is 19.8 Å². The minimum atomic E-state index is -0.803. The third-order valence-electron chi connectivity index (χ3n) is 4.41. The molecule has 0 spiro atoms. The van der Waals surface area contributed by atoms with E-state index in [2.05, 4.69) is 27.7 Å². The lowest BCUT2D eigenvalue weighted by Gasteiger charge is -2.33. The summed E-state index contributed by atoms with van der Waals surface area (Å²) in [5, 5.41) is 0. The van der Waals surface area contributed by atoms with Crippen LogP contribution in [0.4, 0.5) is 0 Å². The van der Waals surface area contributed by atoms with Crippen LogP contribution in [0.3, 0.4) is 0 Å². The molecule has 0 radical (unpaired) electrons. The molecule has 0 aliphatic carbocycles. The van der Waals surface area contributed by atoms with Crippen LogP contribution < -0.4 is 0 Å². The van der Waals surface area contributed by atoms with Crippen molar-refractivity contribution in [3.05, 3.63) is 0 Å². The Kier molecular flexibility index (Phi) is 18.6. The summed E-state index contributed by atoms with van der Waals surface area (Å²) < 4.78 is 18.1. The lowest BCUT2D eigenvalue weighted by Crippen LogP contribution is -2.40. The Labute approximate surface area is 158 Å². The highest BCUT2D eigenvalue weighted by Gasteiger charge is 2.32. The molecule has 0 aromatic heterocycles. The molecule has 0 aliphatic heterocycles. The molecule has 0 N–H and O–H groups in total. The topological polar surface area (TPSA) is 27.7 Å². The van der Waals surface area contributed by atoms with Gasteiger partial charge in [0.1, 0.15) is 0 Å². The minimum Gasteiger partial charge on any atom is -0.327 e. The number of hydrogen-bond donors (Lipinski definition) is 0. The summed E-state index contributed by atoms with van der Waals surface area (Å²) in [6, 6.07) is 0. The quantitative estimate of drug-likeness (QED) is 0.170. The molecular weight excluding hydrogens is 312 g/mol. The summed E-state index contributed by atoms with van der Waals surface area (Å²) in [7, 11) is 0. The third kappa shape index (κ3) is 14.7. The van der Waals surface area contributed by atoms with Gasteiger partial charge in [0, 0.05) is 6.42 Å². The van der Waals surface area contributed by atoms with Crippen molar-refractivity contribution >= 4 is 0 Å². The first-order valence-electron chi connectivity index (χ1n) is 11.2. The van der Waals surface area contributed by atoms with Crippen LogP contribution in [0.25, 0.3) is 0 Å². The number of ether oxygens (including phenoxy) is 3. The van der Waals surface area contributed by atoms with E-state index in [0.29, 0.717) is 19.8 Å². The summed E-state index contributed by atoms with van der Waals surface area (Å²) in [5.41, 5.74) is 0. The van der Waals surface area contributed by atoms with E-state index >= 15 is 0 Å². The van der Waals surface area contributed by atoms with Gasteiger partial charge in [0.05, 0.1) is 19.8 Å². The molecule has 0 bridgehead atoms. The van der Waals surface area contributed by atoms with Crippen LogP contribution in [-0.2, 0) is 14.2 Å². The van der Waals surface area contributed by atoms with Crippen LogP contribution in [-0.4, -0.2) is 25.8 Å². The van der Waals surface area contributed by atoms with Gasteiger partial charge in [-0.3, -0.25) is 0 Å². The normalized spacial score (nSPS) is 12.0. The maximum Gasteiger partial charge on any atom is 0.282 e. The molecule has 0 aromatic carbocycles. The average molecular weight is 359 g/mol. The van der Waals surface area contributed by atoms with Crippen LogP contribution in [0, 0.1) is 0 Å². The van der Waals surface area contributed by atoms with Gasteiger partial charge in [-0.25, -0.2) is 0 Å². The Morgan fingerprint density at radius 3 is 1.16 bits per heavy atom. The van der Waals surface area contributed by atoms with Crippen molar-refractivity contribution in [2.45, 2.75) is 124 Å². The van der Waals surface area contributed by atoms with E-state index in [-0.39, 0.29) is 0 Å². The molecule has 0 unspecified atom stereocenters. The molecule has 0 rings (SSSR count). The van der Waals surface area contributed by atoms with Gasteiger partial charge in [-0.05, 0) is 25.7 Å². The van der Waals surface area contributed by atoms with Crippen molar-refractivity contribution in [3.63, 3.8) is 0 Å². The molecule has 0 fully saturated rings. The molecule has 0 aliphatic rings. The fourth-order valence-electron chi connectivity index (χ4n) is 2.94. The summed E-state index contributed by atoms with van der Waals surface area (Å²) in [4.78, 5) is 0. The van der Waals surface area contributed by atoms with Gasteiger partial charge >= 0.3 is 0 Å². The summed E-state index contributed by atoms with van der Waals surface area (Å²) in [5.74, 6) is -0.803. The first-order valence-corrected chi connectivity index (χ1v) is 11.2. The Morgan fingerprint density at radius 2 is 0.800 bits per heavy atom. The summed E-state index contributed by atoms with van der Waals surface area (Å²) in [6.07, 6.45) is 17.2. The number of rotatable bonds is 20. The van der Waals surface area contributed by atoms with E-state index in [1.165, 1.54) is 57.8 Å². The largest absolute Gasteiger partial charge is 0.327 e. The average Bonchev–Trinajstić information content (AvgIpc) is 2.64. The SMILES string of the molecule is CCCCCCCCCCCCC(OCCC)(OCCC)OCCC. The van der Waals surface area contributed by atoms with Gasteiger partial charge in [-0.15, -0.1) is 0 Å². The first kappa shape index (κ1) is 24.9. The van der Waals surface area contributed by atoms with E-state index in [4.69, 9.17) is 14.2 Å². The van der Waals surface area contributed by atoms with Crippen LogP contribution in [0.1, 0.15) is 118 Å². The summed E-state index contributed by atoms with van der Waals surface area (Å²) >= 11 is 0. The monoisotopic (exact) mass is 358 g/mol. The van der Waals surface area contributed by atoms with Crippen molar-refractivity contribution in [1.29, 1.82) is 0 Å². The van der Waals surface area contributed by atoms with Crippen LogP contribution >= 0.6 is 0 Å². The number of hydrogen-bond acceptors (Lipinski definition) is 3. The highest BCUT2D eigenvalue weighted by Crippen LogP contribution is 2.25. The van der Waals surface area contributed by atoms with Gasteiger partial charge in [-0.1, -0.05) is 85.5 Å². The second kappa shape index (κ2) is 18.7. The van der Waals surface area contributed by atoms with Crippen molar-refractivity contribution in [1.82, 2.24) is 0 Å². The van der Waals surface area contributed by atoms with Gasteiger partial charge < -0.3 is 14.2 Å². The van der Waals surface area contributed by atoms with Gasteiger partial charge in [0.2, 0.25) is 0 Å². The second-order valence-corrected chi connectivity index (χ2v) is 7.16. The maximum absolute atomic E-state index is 6.02. The standard InChI is InChI=1S/C22H46O3/c1-5-9-10-11-12-13-14-15-16-17-18-22(23-19-6-2,24-20-7-3)25-21-8-4/h5-21H2,1-4H3. The van der Waals surface area contributed by atoms with Crippen LogP contribution in [0.2, 0.25) is 0 Å². The van der Waals surface area contributed by atoms with Gasteiger partial charge in [0.15, 0.2) is 0 Å². The fourth-order valence-corrected chi connectivity index (χ4v) is 2.94. The van der Waals surface area contributed by atoms with Crippen molar-refractivity contribution in [3.8, 4) is 0 Å². The molecule has 0 aromatic rings. The van der Waals surface area contributed by atoms with Crippen molar-refractivity contribution < 1.29 is 14.2 Å². The predicted molar refractivity (Wildman–Crippen MR) is 108 cm³/mol. The predicted octanol–water partition coefficient (Wildman–Crippen LogP) is 7.23. The van der Waals surface area contributed by atoms with Crippen LogP contribution in [0.15, 0.2) is 0 Å². The zero-order valence-corrected chi connectivity index (χ0v) is 17.7. The van der Waals surface area contributed by atoms with Gasteiger partial charge in [0.25, 0.3) is 5.97 Å². The highest BCUT2D eigenvalue weighted by atomic mass is 16.9. The highest BCUT2D eigenvalue weighted by molar-refractivity contribution is 4.60. The Balaban J connectivity index is 4.01. The van der Waals surface area contributed by atoms with Crippen molar-refractivity contribution in [2.24, 2.45) is 0 Å².